The second-order valence-electron chi connectivity index (χ2n) is 9.85. The van der Waals surface area contributed by atoms with E-state index in [-0.39, 0.29) is 17.6 Å². The maximum Gasteiger partial charge on any atom is 0.252 e. The number of hydrogen-bond donors (Lipinski definition) is 0. The van der Waals surface area contributed by atoms with Gasteiger partial charge < -0.3 is 9.47 Å². The van der Waals surface area contributed by atoms with E-state index in [9.17, 15) is 4.79 Å². The number of hydrogen-bond acceptors (Lipinski definition) is 6. The zero-order chi connectivity index (χ0) is 26.1. The number of para-hydroxylation sites is 2. The van der Waals surface area contributed by atoms with Crippen LogP contribution in [0.4, 0.5) is 5.69 Å². The Labute approximate surface area is 217 Å². The molecule has 192 valence electrons. The van der Waals surface area contributed by atoms with E-state index in [0.717, 1.165) is 59.4 Å². The molecule has 1 aliphatic heterocycles. The third-order valence-electron chi connectivity index (χ3n) is 7.74. The van der Waals surface area contributed by atoms with E-state index in [1.807, 2.05) is 55.3 Å². The molecule has 0 aliphatic carbocycles. The molecular weight excluding hydrogens is 462 g/mol. The molecule has 1 fully saturated rings. The summed E-state index contributed by atoms with van der Waals surface area (Å²) in [7, 11) is 1.81. The van der Waals surface area contributed by atoms with Crippen molar-refractivity contribution in [2.75, 3.05) is 18.0 Å². The summed E-state index contributed by atoms with van der Waals surface area (Å²) in [5.74, 6) is 6.00. The highest BCUT2D eigenvalue weighted by molar-refractivity contribution is 5.88. The Morgan fingerprint density at radius 2 is 1.86 bits per heavy atom. The second-order valence-corrected chi connectivity index (χ2v) is 9.85. The summed E-state index contributed by atoms with van der Waals surface area (Å²) >= 11 is 0. The highest BCUT2D eigenvalue weighted by Gasteiger charge is 2.36. The van der Waals surface area contributed by atoms with Crippen LogP contribution in [0.1, 0.15) is 52.3 Å². The predicted octanol–water partition coefficient (Wildman–Crippen LogP) is 4.14. The zero-order valence-corrected chi connectivity index (χ0v) is 22.3. The van der Waals surface area contributed by atoms with E-state index in [0.29, 0.717) is 12.6 Å². The summed E-state index contributed by atoms with van der Waals surface area (Å²) in [5, 5.41) is 4.86. The first-order valence-corrected chi connectivity index (χ1v) is 13.2. The molecule has 0 bridgehead atoms. The lowest BCUT2D eigenvalue weighted by molar-refractivity contribution is 0.0991. The molecule has 0 amide bonds. The number of aryl methyl sites for hydroxylation is 1. The van der Waals surface area contributed by atoms with Crippen LogP contribution < -0.4 is 10.5 Å². The van der Waals surface area contributed by atoms with Gasteiger partial charge in [0, 0.05) is 38.3 Å². The fourth-order valence-electron chi connectivity index (χ4n) is 5.50. The molecule has 37 heavy (non-hydrogen) atoms. The van der Waals surface area contributed by atoms with Gasteiger partial charge in [0.05, 0.1) is 46.4 Å². The molecule has 1 aromatic carbocycles. The molecule has 1 aliphatic rings. The highest BCUT2D eigenvalue weighted by atomic mass is 16.1. The van der Waals surface area contributed by atoms with Gasteiger partial charge in [-0.1, -0.05) is 31.9 Å². The highest BCUT2D eigenvalue weighted by Crippen LogP contribution is 2.34. The summed E-state index contributed by atoms with van der Waals surface area (Å²) in [6.07, 6.45) is 5.80. The number of nitrogens with zero attached hydrogens (tertiary/aromatic N) is 7. The van der Waals surface area contributed by atoms with Gasteiger partial charge in [-0.3, -0.25) is 19.4 Å². The van der Waals surface area contributed by atoms with Gasteiger partial charge in [-0.15, -0.1) is 5.92 Å². The number of rotatable bonds is 6. The van der Waals surface area contributed by atoms with E-state index in [1.54, 1.807) is 10.6 Å². The topological polar surface area (TPSA) is 72.1 Å². The summed E-state index contributed by atoms with van der Waals surface area (Å²) < 4.78 is 3.51. The number of aromatic nitrogens is 5. The number of fused-ring (bicyclic) bond motifs is 2. The molecule has 5 rings (SSSR count). The smallest absolute Gasteiger partial charge is 0.252 e. The van der Waals surface area contributed by atoms with Crippen molar-refractivity contribution in [3.63, 3.8) is 0 Å². The van der Waals surface area contributed by atoms with Gasteiger partial charge in [0.1, 0.15) is 12.1 Å². The SMILES string of the molecule is CC#CCn1cc2c(n1)c(N1C[C@@H](CC)N(C(C)c3cnc4ccccc4n3)C[C@@H]1CC)cc(=O)n2C. The van der Waals surface area contributed by atoms with Gasteiger partial charge >= 0.3 is 0 Å². The molecule has 0 N–H and O–H groups in total. The second kappa shape index (κ2) is 10.3. The molecule has 0 spiro atoms. The van der Waals surface area contributed by atoms with Crippen molar-refractivity contribution >= 4 is 27.8 Å². The average molecular weight is 498 g/mol. The van der Waals surface area contributed by atoms with Gasteiger partial charge in [-0.2, -0.15) is 5.10 Å². The van der Waals surface area contributed by atoms with Crippen molar-refractivity contribution in [2.24, 2.45) is 7.05 Å². The van der Waals surface area contributed by atoms with Crippen molar-refractivity contribution in [3.8, 4) is 11.8 Å². The van der Waals surface area contributed by atoms with Crippen LogP contribution in [0.15, 0.2) is 47.5 Å². The van der Waals surface area contributed by atoms with Crippen molar-refractivity contribution in [1.29, 1.82) is 0 Å². The normalized spacial score (nSPS) is 19.2. The van der Waals surface area contributed by atoms with E-state index in [2.05, 4.69) is 47.4 Å². The van der Waals surface area contributed by atoms with Gasteiger partial charge in [-0.25, -0.2) is 4.98 Å². The van der Waals surface area contributed by atoms with Gasteiger partial charge in [0.2, 0.25) is 0 Å². The Morgan fingerprint density at radius 3 is 2.59 bits per heavy atom. The van der Waals surface area contributed by atoms with Crippen LogP contribution in [-0.2, 0) is 13.6 Å². The molecule has 1 saturated heterocycles. The summed E-state index contributed by atoms with van der Waals surface area (Å²) in [5.41, 5.74) is 5.43. The zero-order valence-electron chi connectivity index (χ0n) is 22.3. The van der Waals surface area contributed by atoms with Crippen LogP contribution in [0.2, 0.25) is 0 Å². The standard InChI is InChI=1S/C29H35N7O/c1-6-9-14-34-19-27-29(32-34)26(15-28(37)33(27)5)36-18-21(7-2)35(17-22(36)8-3)20(4)25-16-30-23-12-10-11-13-24(23)31-25/h10-13,15-16,19-22H,7-8,14,17-18H2,1-5H3/t20?,21-,22+/m1/s1. The maximum absolute atomic E-state index is 13.0. The van der Waals surface area contributed by atoms with Crippen LogP contribution >= 0.6 is 0 Å². The van der Waals surface area contributed by atoms with Crippen molar-refractivity contribution in [3.05, 3.63) is 58.8 Å². The van der Waals surface area contributed by atoms with Crippen molar-refractivity contribution in [1.82, 2.24) is 29.2 Å². The molecule has 8 heteroatoms. The first-order valence-electron chi connectivity index (χ1n) is 13.2. The lowest BCUT2D eigenvalue weighted by Gasteiger charge is -2.49. The largest absolute Gasteiger partial charge is 0.364 e. The molecule has 3 atom stereocenters. The summed E-state index contributed by atoms with van der Waals surface area (Å²) in [6, 6.07) is 10.5. The van der Waals surface area contributed by atoms with E-state index >= 15 is 0 Å². The molecule has 1 unspecified atom stereocenters. The number of benzene rings is 1. The van der Waals surface area contributed by atoms with E-state index in [1.165, 1.54) is 0 Å². The van der Waals surface area contributed by atoms with Crippen LogP contribution in [0, 0.1) is 11.8 Å². The fraction of sp³-hybridized carbons (Fsp3) is 0.448. The van der Waals surface area contributed by atoms with Crippen molar-refractivity contribution in [2.45, 2.75) is 65.2 Å². The monoisotopic (exact) mass is 497 g/mol. The Hall–Kier alpha value is -3.70. The lowest BCUT2D eigenvalue weighted by Crippen LogP contribution is -2.59. The lowest BCUT2D eigenvalue weighted by atomic mass is 9.98. The van der Waals surface area contributed by atoms with E-state index < -0.39 is 0 Å². The Morgan fingerprint density at radius 1 is 1.11 bits per heavy atom. The Kier molecular flexibility index (Phi) is 6.98. The minimum Gasteiger partial charge on any atom is -0.364 e. The molecule has 0 radical (unpaired) electrons. The number of pyridine rings is 1. The van der Waals surface area contributed by atoms with E-state index in [4.69, 9.17) is 10.1 Å². The summed E-state index contributed by atoms with van der Waals surface area (Å²) in [6.45, 7) is 10.7. The first kappa shape index (κ1) is 25.0. The average Bonchev–Trinajstić information content (AvgIpc) is 3.37. The fourth-order valence-corrected chi connectivity index (χ4v) is 5.50. The maximum atomic E-state index is 13.0. The predicted molar refractivity (Wildman–Crippen MR) is 149 cm³/mol. The van der Waals surface area contributed by atoms with Crippen LogP contribution in [0.3, 0.4) is 0 Å². The minimum atomic E-state index is -0.0197. The van der Waals surface area contributed by atoms with Gasteiger partial charge in [-0.05, 0) is 38.8 Å². The molecule has 4 aromatic rings. The van der Waals surface area contributed by atoms with Gasteiger partial charge in [0.25, 0.3) is 5.56 Å². The Balaban J connectivity index is 1.50. The molecule has 0 saturated carbocycles. The minimum absolute atomic E-state index is 0.0197. The third-order valence-corrected chi connectivity index (χ3v) is 7.74. The molecule has 3 aromatic heterocycles. The third kappa shape index (κ3) is 4.60. The molecule has 8 nitrogen and oxygen atoms in total. The van der Waals surface area contributed by atoms with Gasteiger partial charge in [0.15, 0.2) is 0 Å². The van der Waals surface area contributed by atoms with Crippen LogP contribution in [0.25, 0.3) is 22.1 Å². The first-order chi connectivity index (χ1) is 17.9. The van der Waals surface area contributed by atoms with Crippen LogP contribution in [-0.4, -0.2) is 54.4 Å². The Bertz CT molecular complexity index is 1540. The molecule has 4 heterocycles. The van der Waals surface area contributed by atoms with Crippen molar-refractivity contribution < 1.29 is 0 Å². The number of anilines is 1. The molecular formula is C29H35N7O. The number of piperazine rings is 1. The summed E-state index contributed by atoms with van der Waals surface area (Å²) in [4.78, 5) is 27.6. The quantitative estimate of drug-likeness (QED) is 0.373. The van der Waals surface area contributed by atoms with Crippen LogP contribution in [0.5, 0.6) is 0 Å².